The monoisotopic (exact) mass is 225 g/mol. The van der Waals surface area contributed by atoms with E-state index in [4.69, 9.17) is 5.11 Å². The van der Waals surface area contributed by atoms with Crippen LogP contribution in [0.15, 0.2) is 0 Å². The quantitative estimate of drug-likeness (QED) is 0.771. The molecule has 0 aliphatic heterocycles. The second-order valence-electron chi connectivity index (χ2n) is 5.33. The molecule has 2 rings (SSSR count). The topological polar surface area (TPSA) is 57.6 Å². The van der Waals surface area contributed by atoms with Gasteiger partial charge in [0.25, 0.3) is 0 Å². The molecular weight excluding hydrogens is 206 g/mol. The van der Waals surface area contributed by atoms with Gasteiger partial charge < -0.3 is 10.0 Å². The Kier molecular flexibility index (Phi) is 2.91. The molecule has 1 N–H and O–H groups in total. The first kappa shape index (κ1) is 11.4. The van der Waals surface area contributed by atoms with Gasteiger partial charge in [0.2, 0.25) is 5.91 Å². The molecule has 2 aliphatic carbocycles. The summed E-state index contributed by atoms with van der Waals surface area (Å²) >= 11 is 0. The molecule has 2 saturated carbocycles. The number of hydrogen-bond donors (Lipinski definition) is 1. The summed E-state index contributed by atoms with van der Waals surface area (Å²) in [6, 6.07) is 0. The van der Waals surface area contributed by atoms with E-state index in [1.807, 2.05) is 0 Å². The normalized spacial score (nSPS) is 22.3. The van der Waals surface area contributed by atoms with Crippen LogP contribution in [0.4, 0.5) is 0 Å². The number of nitrogens with zero attached hydrogens (tertiary/aromatic N) is 1. The van der Waals surface area contributed by atoms with Crippen LogP contribution in [0.5, 0.6) is 0 Å². The number of carboxylic acid groups (broad SMARTS) is 1. The van der Waals surface area contributed by atoms with Crippen LogP contribution in [-0.4, -0.2) is 35.5 Å². The summed E-state index contributed by atoms with van der Waals surface area (Å²) in [4.78, 5) is 24.7. The molecule has 0 spiro atoms. The van der Waals surface area contributed by atoms with Gasteiger partial charge in [-0.25, -0.2) is 0 Å². The van der Waals surface area contributed by atoms with E-state index in [2.05, 4.69) is 0 Å². The van der Waals surface area contributed by atoms with Crippen LogP contribution in [0, 0.1) is 11.3 Å². The highest BCUT2D eigenvalue weighted by Gasteiger charge is 2.46. The van der Waals surface area contributed by atoms with E-state index < -0.39 is 11.4 Å². The summed E-state index contributed by atoms with van der Waals surface area (Å²) < 4.78 is 0. The van der Waals surface area contributed by atoms with Gasteiger partial charge in [0.15, 0.2) is 0 Å². The number of carbonyl (C=O) groups is 2. The number of hydrogen-bond acceptors (Lipinski definition) is 2. The highest BCUT2D eigenvalue weighted by Crippen LogP contribution is 2.44. The van der Waals surface area contributed by atoms with Crippen LogP contribution < -0.4 is 0 Å². The maximum Gasteiger partial charge on any atom is 0.310 e. The Hall–Kier alpha value is -1.06. The molecule has 4 nitrogen and oxygen atoms in total. The summed E-state index contributed by atoms with van der Waals surface area (Å²) in [5.74, 6) is -0.142. The lowest BCUT2D eigenvalue weighted by Crippen LogP contribution is -2.43. The number of rotatable bonds is 5. The van der Waals surface area contributed by atoms with Gasteiger partial charge in [-0.2, -0.15) is 0 Å². The molecule has 0 heterocycles. The first-order chi connectivity index (χ1) is 7.53. The van der Waals surface area contributed by atoms with Crippen molar-refractivity contribution in [2.75, 3.05) is 13.6 Å². The summed E-state index contributed by atoms with van der Waals surface area (Å²) in [6.45, 7) is 0.800. The van der Waals surface area contributed by atoms with Crippen LogP contribution in [0.2, 0.25) is 0 Å². The van der Waals surface area contributed by atoms with Crippen molar-refractivity contribution in [3.63, 3.8) is 0 Å². The Balaban J connectivity index is 1.87. The van der Waals surface area contributed by atoms with Gasteiger partial charge in [-0.15, -0.1) is 0 Å². The molecule has 0 atom stereocenters. The fraction of sp³-hybridized carbons (Fsp3) is 0.833. The Morgan fingerprint density at radius 2 is 2.00 bits per heavy atom. The van der Waals surface area contributed by atoms with Crippen molar-refractivity contribution < 1.29 is 14.7 Å². The Labute approximate surface area is 95.6 Å². The number of carboxylic acids is 1. The SMILES string of the molecule is CN(CC1CC1)C(=O)CC1(C(=O)O)CCC1. The molecular formula is C12H19NO3. The van der Waals surface area contributed by atoms with Crippen LogP contribution in [-0.2, 0) is 9.59 Å². The van der Waals surface area contributed by atoms with Gasteiger partial charge in [0, 0.05) is 20.0 Å². The lowest BCUT2D eigenvalue weighted by atomic mass is 9.66. The Morgan fingerprint density at radius 3 is 2.38 bits per heavy atom. The third kappa shape index (κ3) is 2.20. The maximum atomic E-state index is 11.9. The predicted octanol–water partition coefficient (Wildman–Crippen LogP) is 1.50. The second kappa shape index (κ2) is 4.07. The fourth-order valence-corrected chi connectivity index (χ4v) is 2.28. The molecule has 0 aromatic heterocycles. The van der Waals surface area contributed by atoms with Crippen molar-refractivity contribution in [1.82, 2.24) is 4.90 Å². The van der Waals surface area contributed by atoms with E-state index in [0.717, 1.165) is 13.0 Å². The largest absolute Gasteiger partial charge is 0.481 e. The van der Waals surface area contributed by atoms with E-state index in [9.17, 15) is 9.59 Å². The van der Waals surface area contributed by atoms with E-state index in [0.29, 0.717) is 18.8 Å². The molecule has 0 aromatic carbocycles. The molecule has 0 unspecified atom stereocenters. The molecule has 0 radical (unpaired) electrons. The third-order valence-corrected chi connectivity index (χ3v) is 3.91. The van der Waals surface area contributed by atoms with Gasteiger partial charge in [-0.1, -0.05) is 6.42 Å². The molecule has 0 bridgehead atoms. The van der Waals surface area contributed by atoms with Gasteiger partial charge in [0.1, 0.15) is 0 Å². The molecule has 0 saturated heterocycles. The van der Waals surface area contributed by atoms with Crippen LogP contribution >= 0.6 is 0 Å². The minimum absolute atomic E-state index is 0.00556. The van der Waals surface area contributed by atoms with Crippen molar-refractivity contribution in [2.45, 2.75) is 38.5 Å². The molecule has 0 aromatic rings. The zero-order valence-electron chi connectivity index (χ0n) is 9.74. The predicted molar refractivity (Wildman–Crippen MR) is 58.9 cm³/mol. The van der Waals surface area contributed by atoms with Gasteiger partial charge >= 0.3 is 5.97 Å². The van der Waals surface area contributed by atoms with Crippen LogP contribution in [0.3, 0.4) is 0 Å². The minimum atomic E-state index is -0.799. The summed E-state index contributed by atoms with van der Waals surface area (Å²) in [5.41, 5.74) is -0.741. The maximum absolute atomic E-state index is 11.9. The second-order valence-corrected chi connectivity index (χ2v) is 5.33. The molecule has 90 valence electrons. The van der Waals surface area contributed by atoms with E-state index in [1.54, 1.807) is 11.9 Å². The van der Waals surface area contributed by atoms with E-state index >= 15 is 0 Å². The zero-order chi connectivity index (χ0) is 11.8. The molecule has 1 amide bonds. The van der Waals surface area contributed by atoms with Crippen LogP contribution in [0.25, 0.3) is 0 Å². The summed E-state index contributed by atoms with van der Waals surface area (Å²) in [6.07, 6.45) is 4.86. The Bertz CT molecular complexity index is 305. The lowest BCUT2D eigenvalue weighted by molar-refractivity contribution is -0.159. The van der Waals surface area contributed by atoms with Crippen molar-refractivity contribution >= 4 is 11.9 Å². The molecule has 16 heavy (non-hydrogen) atoms. The van der Waals surface area contributed by atoms with Crippen LogP contribution in [0.1, 0.15) is 38.5 Å². The zero-order valence-corrected chi connectivity index (χ0v) is 9.74. The average Bonchev–Trinajstić information content (AvgIpc) is 2.93. The van der Waals surface area contributed by atoms with Gasteiger partial charge in [0.05, 0.1) is 5.41 Å². The first-order valence-corrected chi connectivity index (χ1v) is 6.01. The standard InChI is InChI=1S/C12H19NO3/c1-13(8-9-3-4-9)10(14)7-12(11(15)16)5-2-6-12/h9H,2-8H2,1H3,(H,15,16). The molecule has 4 heteroatoms. The minimum Gasteiger partial charge on any atom is -0.481 e. The van der Waals surface area contributed by atoms with Crippen molar-refractivity contribution in [2.24, 2.45) is 11.3 Å². The smallest absolute Gasteiger partial charge is 0.310 e. The Morgan fingerprint density at radius 1 is 1.38 bits per heavy atom. The average molecular weight is 225 g/mol. The molecule has 2 aliphatic rings. The number of amides is 1. The fourth-order valence-electron chi connectivity index (χ4n) is 2.28. The van der Waals surface area contributed by atoms with Crippen molar-refractivity contribution in [3.05, 3.63) is 0 Å². The van der Waals surface area contributed by atoms with Crippen molar-refractivity contribution in [3.8, 4) is 0 Å². The van der Waals surface area contributed by atoms with E-state index in [1.165, 1.54) is 12.8 Å². The number of carbonyl (C=O) groups excluding carboxylic acids is 1. The third-order valence-electron chi connectivity index (χ3n) is 3.91. The molecule has 2 fully saturated rings. The van der Waals surface area contributed by atoms with Gasteiger partial charge in [-0.05, 0) is 31.6 Å². The first-order valence-electron chi connectivity index (χ1n) is 6.01. The number of aliphatic carboxylic acids is 1. The summed E-state index contributed by atoms with van der Waals surface area (Å²) in [7, 11) is 1.79. The van der Waals surface area contributed by atoms with Gasteiger partial charge in [-0.3, -0.25) is 9.59 Å². The lowest BCUT2D eigenvalue weighted by Gasteiger charge is -2.38. The highest BCUT2D eigenvalue weighted by atomic mass is 16.4. The van der Waals surface area contributed by atoms with E-state index in [-0.39, 0.29) is 12.3 Å². The summed E-state index contributed by atoms with van der Waals surface area (Å²) in [5, 5.41) is 9.14. The van der Waals surface area contributed by atoms with Crippen molar-refractivity contribution in [1.29, 1.82) is 0 Å². The highest BCUT2D eigenvalue weighted by molar-refractivity contribution is 5.85.